The molecule has 0 amide bonds. The Labute approximate surface area is 132 Å². The normalized spacial score (nSPS) is 27.1. The summed E-state index contributed by atoms with van der Waals surface area (Å²) in [5.41, 5.74) is 5.69. The summed E-state index contributed by atoms with van der Waals surface area (Å²) in [6.45, 7) is 10.3. The van der Waals surface area contributed by atoms with E-state index >= 15 is 0 Å². The maximum absolute atomic E-state index is 4.78. The number of nitrogens with zero attached hydrogens (tertiary/aromatic N) is 3. The van der Waals surface area contributed by atoms with Crippen molar-refractivity contribution in [2.24, 2.45) is 11.3 Å². The molecule has 1 aromatic carbocycles. The fourth-order valence-electron chi connectivity index (χ4n) is 4.32. The first-order chi connectivity index (χ1) is 10.6. The van der Waals surface area contributed by atoms with Crippen molar-refractivity contribution in [3.63, 3.8) is 0 Å². The lowest BCUT2D eigenvalue weighted by Gasteiger charge is -2.20. The van der Waals surface area contributed by atoms with Crippen LogP contribution in [0, 0.1) is 25.2 Å². The average molecular weight is 295 g/mol. The Bertz CT molecular complexity index is 684. The van der Waals surface area contributed by atoms with E-state index in [0.29, 0.717) is 5.41 Å². The van der Waals surface area contributed by atoms with E-state index in [9.17, 15) is 0 Å². The van der Waals surface area contributed by atoms with E-state index < -0.39 is 0 Å². The highest BCUT2D eigenvalue weighted by atomic mass is 15.3. The van der Waals surface area contributed by atoms with E-state index in [2.05, 4.69) is 60.7 Å². The van der Waals surface area contributed by atoms with Gasteiger partial charge in [-0.3, -0.25) is 4.90 Å². The number of rotatable bonds is 4. The van der Waals surface area contributed by atoms with Gasteiger partial charge in [-0.25, -0.2) is 4.68 Å². The Morgan fingerprint density at radius 3 is 2.68 bits per heavy atom. The molecule has 0 N–H and O–H groups in total. The van der Waals surface area contributed by atoms with Crippen LogP contribution < -0.4 is 0 Å². The van der Waals surface area contributed by atoms with Gasteiger partial charge in [-0.05, 0) is 50.2 Å². The fraction of sp³-hybridized carbons (Fsp3) is 0.526. The standard InChI is InChI=1S/C19H25N3/c1-4-19-10-16(19)11-21(13-19)12-18-14(2)20-22(15(18)3)17-8-6-5-7-9-17/h5-9,16H,4,10-13H2,1-3H3. The van der Waals surface area contributed by atoms with Gasteiger partial charge in [0, 0.05) is 30.9 Å². The molecule has 0 bridgehead atoms. The zero-order chi connectivity index (χ0) is 15.3. The summed E-state index contributed by atoms with van der Waals surface area (Å²) in [7, 11) is 0. The summed E-state index contributed by atoms with van der Waals surface area (Å²) in [6.07, 6.45) is 2.80. The monoisotopic (exact) mass is 295 g/mol. The fourth-order valence-corrected chi connectivity index (χ4v) is 4.32. The Balaban J connectivity index is 1.57. The Kier molecular flexibility index (Phi) is 3.15. The second-order valence-electron chi connectivity index (χ2n) is 7.18. The first-order valence-corrected chi connectivity index (χ1v) is 8.46. The quantitative estimate of drug-likeness (QED) is 0.857. The number of hydrogen-bond acceptors (Lipinski definition) is 2. The van der Waals surface area contributed by atoms with Crippen molar-refractivity contribution in [2.45, 2.75) is 40.2 Å². The van der Waals surface area contributed by atoms with Gasteiger partial charge in [-0.2, -0.15) is 5.10 Å². The van der Waals surface area contributed by atoms with Gasteiger partial charge in [-0.1, -0.05) is 25.1 Å². The number of likely N-dealkylation sites (tertiary alicyclic amines) is 1. The molecule has 2 atom stereocenters. The molecule has 0 spiro atoms. The summed E-state index contributed by atoms with van der Waals surface area (Å²) in [6, 6.07) is 10.5. The molecule has 1 saturated carbocycles. The number of piperidine rings is 1. The number of fused-ring (bicyclic) bond motifs is 1. The molecule has 2 fully saturated rings. The molecule has 0 radical (unpaired) electrons. The van der Waals surface area contributed by atoms with E-state index in [1.54, 1.807) is 0 Å². The lowest BCUT2D eigenvalue weighted by atomic mass is 10.0. The highest BCUT2D eigenvalue weighted by molar-refractivity contribution is 5.37. The molecule has 1 aliphatic heterocycles. The van der Waals surface area contributed by atoms with Crippen LogP contribution in [0.4, 0.5) is 0 Å². The Morgan fingerprint density at radius 2 is 2.00 bits per heavy atom. The third-order valence-corrected chi connectivity index (χ3v) is 5.90. The van der Waals surface area contributed by atoms with Crippen molar-refractivity contribution in [3.8, 4) is 5.69 Å². The second-order valence-corrected chi connectivity index (χ2v) is 7.18. The molecule has 116 valence electrons. The Morgan fingerprint density at radius 1 is 1.23 bits per heavy atom. The number of hydrogen-bond donors (Lipinski definition) is 0. The minimum atomic E-state index is 0.664. The third-order valence-electron chi connectivity index (χ3n) is 5.90. The van der Waals surface area contributed by atoms with Crippen molar-refractivity contribution in [1.29, 1.82) is 0 Å². The number of benzene rings is 1. The van der Waals surface area contributed by atoms with Gasteiger partial charge in [0.15, 0.2) is 0 Å². The molecule has 3 heteroatoms. The molecule has 1 aromatic heterocycles. The van der Waals surface area contributed by atoms with Crippen LogP contribution in [0.5, 0.6) is 0 Å². The van der Waals surface area contributed by atoms with Crippen LogP contribution in [0.25, 0.3) is 5.69 Å². The van der Waals surface area contributed by atoms with E-state index in [0.717, 1.165) is 18.2 Å². The smallest absolute Gasteiger partial charge is 0.0648 e. The Hall–Kier alpha value is -1.61. The molecule has 3 nitrogen and oxygen atoms in total. The highest BCUT2D eigenvalue weighted by Crippen LogP contribution is 2.60. The molecule has 2 heterocycles. The van der Waals surface area contributed by atoms with Crippen molar-refractivity contribution in [3.05, 3.63) is 47.3 Å². The zero-order valence-electron chi connectivity index (χ0n) is 13.8. The predicted octanol–water partition coefficient (Wildman–Crippen LogP) is 3.72. The SMILES string of the molecule is CCC12CC1CN(Cc1c(C)nn(-c3ccccc3)c1C)C2. The third kappa shape index (κ3) is 2.11. The molecule has 4 rings (SSSR count). The van der Waals surface area contributed by atoms with Crippen LogP contribution in [-0.4, -0.2) is 27.8 Å². The van der Waals surface area contributed by atoms with E-state index in [1.165, 1.54) is 42.9 Å². The predicted molar refractivity (Wildman–Crippen MR) is 89.1 cm³/mol. The lowest BCUT2D eigenvalue weighted by Crippen LogP contribution is -2.25. The second kappa shape index (κ2) is 4.95. The summed E-state index contributed by atoms with van der Waals surface area (Å²) >= 11 is 0. The largest absolute Gasteiger partial charge is 0.298 e. The topological polar surface area (TPSA) is 21.1 Å². The van der Waals surface area contributed by atoms with Crippen LogP contribution in [0.1, 0.15) is 36.7 Å². The molecular weight excluding hydrogens is 270 g/mol. The maximum atomic E-state index is 4.78. The van der Waals surface area contributed by atoms with E-state index in [4.69, 9.17) is 5.10 Å². The van der Waals surface area contributed by atoms with Crippen molar-refractivity contribution in [2.75, 3.05) is 13.1 Å². The van der Waals surface area contributed by atoms with Gasteiger partial charge in [0.2, 0.25) is 0 Å². The summed E-state index contributed by atoms with van der Waals surface area (Å²) in [5, 5.41) is 4.78. The maximum Gasteiger partial charge on any atom is 0.0648 e. The van der Waals surface area contributed by atoms with Gasteiger partial charge >= 0.3 is 0 Å². The van der Waals surface area contributed by atoms with E-state index in [1.807, 2.05) is 0 Å². The summed E-state index contributed by atoms with van der Waals surface area (Å²) in [4.78, 5) is 2.64. The average Bonchev–Trinajstić information content (AvgIpc) is 3.00. The minimum absolute atomic E-state index is 0.664. The van der Waals surface area contributed by atoms with Gasteiger partial charge in [0.25, 0.3) is 0 Å². The van der Waals surface area contributed by atoms with Gasteiger partial charge in [0.05, 0.1) is 11.4 Å². The minimum Gasteiger partial charge on any atom is -0.298 e. The molecule has 1 saturated heterocycles. The lowest BCUT2D eigenvalue weighted by molar-refractivity contribution is 0.269. The molecule has 22 heavy (non-hydrogen) atoms. The first-order valence-electron chi connectivity index (χ1n) is 8.46. The van der Waals surface area contributed by atoms with Crippen LogP contribution in [0.15, 0.2) is 30.3 Å². The van der Waals surface area contributed by atoms with Crippen molar-refractivity contribution < 1.29 is 0 Å². The molecule has 2 unspecified atom stereocenters. The number of aromatic nitrogens is 2. The van der Waals surface area contributed by atoms with Gasteiger partial charge in [0.1, 0.15) is 0 Å². The highest BCUT2D eigenvalue weighted by Gasteiger charge is 2.58. The van der Waals surface area contributed by atoms with Crippen molar-refractivity contribution in [1.82, 2.24) is 14.7 Å². The number of para-hydroxylation sites is 1. The van der Waals surface area contributed by atoms with Crippen molar-refractivity contribution >= 4 is 0 Å². The molecule has 2 aromatic rings. The van der Waals surface area contributed by atoms with Crippen LogP contribution in [-0.2, 0) is 6.54 Å². The molecule has 2 aliphatic rings. The van der Waals surface area contributed by atoms with Gasteiger partial charge in [-0.15, -0.1) is 0 Å². The van der Waals surface area contributed by atoms with Gasteiger partial charge < -0.3 is 0 Å². The number of aryl methyl sites for hydroxylation is 1. The zero-order valence-corrected chi connectivity index (χ0v) is 13.8. The summed E-state index contributed by atoms with van der Waals surface area (Å²) in [5.74, 6) is 0.960. The van der Waals surface area contributed by atoms with E-state index in [-0.39, 0.29) is 0 Å². The van der Waals surface area contributed by atoms with Crippen LogP contribution in [0.3, 0.4) is 0 Å². The first kappa shape index (κ1) is 14.0. The molecule has 1 aliphatic carbocycles. The van der Waals surface area contributed by atoms with Crippen LogP contribution >= 0.6 is 0 Å². The van der Waals surface area contributed by atoms with Crippen LogP contribution in [0.2, 0.25) is 0 Å². The molecular formula is C19H25N3. The summed E-state index contributed by atoms with van der Waals surface area (Å²) < 4.78 is 2.09.